The van der Waals surface area contributed by atoms with E-state index < -0.39 is 21.4 Å². The van der Waals surface area contributed by atoms with Crippen molar-refractivity contribution in [3.05, 3.63) is 152 Å². The summed E-state index contributed by atoms with van der Waals surface area (Å²) < 4.78 is 28.0. The summed E-state index contributed by atoms with van der Waals surface area (Å²) in [6.45, 7) is 25.7. The summed E-state index contributed by atoms with van der Waals surface area (Å²) in [5.41, 5.74) is 12.0. The molecule has 4 fully saturated rings. The quantitative estimate of drug-likeness (QED) is 0.0976. The first-order chi connectivity index (χ1) is 39.3. The average Bonchev–Trinajstić information content (AvgIpc) is 3.62. The number of hydrogen-bond donors (Lipinski definition) is 2. The van der Waals surface area contributed by atoms with E-state index in [-0.39, 0.29) is 11.8 Å². The normalized spacial score (nSPS) is 17.5. The van der Waals surface area contributed by atoms with Crippen LogP contribution in [0.15, 0.2) is 95.9 Å². The molecule has 5 aromatic rings. The number of rotatable bonds is 16. The van der Waals surface area contributed by atoms with E-state index >= 15 is 0 Å². The average molecular weight is 1130 g/mol. The Bertz CT molecular complexity index is 3360. The number of anilines is 3. The van der Waals surface area contributed by atoms with Crippen molar-refractivity contribution in [2.24, 2.45) is 0 Å². The van der Waals surface area contributed by atoms with Crippen molar-refractivity contribution in [1.29, 1.82) is 15.3 Å². The molecular weight excluding hydrogens is 1050 g/mol. The summed E-state index contributed by atoms with van der Waals surface area (Å²) >= 11 is 0. The van der Waals surface area contributed by atoms with Gasteiger partial charge in [0.2, 0.25) is 0 Å². The van der Waals surface area contributed by atoms with Crippen molar-refractivity contribution >= 4 is 44.7 Å². The van der Waals surface area contributed by atoms with Gasteiger partial charge in [0.25, 0.3) is 11.8 Å². The minimum atomic E-state index is -3.07. The molecule has 1 unspecified atom stereocenters. The number of aryl methyl sites for hydroxylation is 4. The number of amides is 3. The number of alkyl carbamates (subject to hydrolysis) is 1. The number of benzene rings is 5. The van der Waals surface area contributed by atoms with E-state index in [0.29, 0.717) is 113 Å². The van der Waals surface area contributed by atoms with Crippen LogP contribution in [0.2, 0.25) is 0 Å². The Morgan fingerprint density at radius 2 is 1.00 bits per heavy atom. The topological polar surface area (TPSA) is 187 Å². The van der Waals surface area contributed by atoms with Crippen LogP contribution in [0, 0.1) is 55.1 Å². The summed E-state index contributed by atoms with van der Waals surface area (Å²) in [6, 6.07) is 34.1. The first-order valence-electron chi connectivity index (χ1n) is 28.8. The predicted molar refractivity (Wildman–Crippen MR) is 323 cm³/mol. The second-order valence-electron chi connectivity index (χ2n) is 23.3. The SMILES string of the molecule is Cc1cc(C)c(C(=O)N2CCN(CCNC(=O)OC(C)(C)Cc3ccc(S(C)(=N)=O)c(N4CCN(Cc5cc(C(=O)N6CCN(c7ccccc7C#N)CC6)c(C)cc5C)CC4)c3)CC2)cc1CN1CCN(c2ccccc2C#N)CC1. The summed E-state index contributed by atoms with van der Waals surface area (Å²) in [6.07, 6.45) is 1.35. The maximum absolute atomic E-state index is 14.0. The third-order valence-electron chi connectivity index (χ3n) is 16.8. The van der Waals surface area contributed by atoms with Gasteiger partial charge in [-0.25, -0.2) is 13.8 Å². The summed E-state index contributed by atoms with van der Waals surface area (Å²) in [7, 11) is -3.07. The number of para-hydroxylation sites is 2. The van der Waals surface area contributed by atoms with Crippen LogP contribution >= 0.6 is 0 Å². The van der Waals surface area contributed by atoms with Gasteiger partial charge in [0, 0.05) is 155 Å². The highest BCUT2D eigenvalue weighted by Gasteiger charge is 2.30. The highest BCUT2D eigenvalue weighted by molar-refractivity contribution is 7.91. The third-order valence-corrected chi connectivity index (χ3v) is 18.0. The van der Waals surface area contributed by atoms with Gasteiger partial charge in [0.1, 0.15) is 17.7 Å². The number of nitrogens with one attached hydrogen (secondary N) is 2. The Morgan fingerprint density at radius 1 is 0.573 bits per heavy atom. The van der Waals surface area contributed by atoms with E-state index in [9.17, 15) is 29.1 Å². The molecule has 4 saturated heterocycles. The van der Waals surface area contributed by atoms with E-state index in [1.807, 2.05) is 98.2 Å². The smallest absolute Gasteiger partial charge is 0.407 e. The second-order valence-corrected chi connectivity index (χ2v) is 25.4. The molecule has 82 heavy (non-hydrogen) atoms. The van der Waals surface area contributed by atoms with Gasteiger partial charge in [-0.05, 0) is 129 Å². The van der Waals surface area contributed by atoms with Crippen LogP contribution in [0.5, 0.6) is 0 Å². The lowest BCUT2D eigenvalue weighted by Gasteiger charge is -2.38. The molecule has 0 spiro atoms. The lowest BCUT2D eigenvalue weighted by molar-refractivity contribution is 0.0385. The highest BCUT2D eigenvalue weighted by atomic mass is 32.2. The fourth-order valence-electron chi connectivity index (χ4n) is 12.1. The van der Waals surface area contributed by atoms with E-state index in [1.54, 1.807) is 6.07 Å². The largest absolute Gasteiger partial charge is 0.443 e. The monoisotopic (exact) mass is 1130 g/mol. The minimum absolute atomic E-state index is 0.0253. The molecule has 1 atom stereocenters. The van der Waals surface area contributed by atoms with E-state index in [0.717, 1.165) is 102 Å². The molecule has 9 rings (SSSR count). The molecule has 3 amide bonds. The van der Waals surface area contributed by atoms with Crippen molar-refractivity contribution in [1.82, 2.24) is 29.8 Å². The van der Waals surface area contributed by atoms with E-state index in [2.05, 4.69) is 85.0 Å². The molecule has 0 aliphatic carbocycles. The fourth-order valence-corrected chi connectivity index (χ4v) is 13.0. The molecule has 0 bridgehead atoms. The standard InChI is InChI=1S/C64H80N12O5S/c1-46-36-48(3)55(39-53(46)44-70-22-26-72(27-23-70)57-14-10-8-12-51(57)42-65)61(77)75-30-20-69(21-31-75)19-18-68-63(79)81-64(5,6)41-50-16-17-60(82(7,67)80)59(38-50)74-28-24-71(25-29-74)45-54-40-56(49(4)37-47(54)2)62(78)76-34-32-73(33-35-76)58-15-11-9-13-52(58)43-66/h8-17,36-40,67H,18-35,41,44-45H2,1-7H3,(H,68,79). The number of carbonyl (C=O) groups excluding carboxylic acids is 3. The highest BCUT2D eigenvalue weighted by Crippen LogP contribution is 2.32. The second kappa shape index (κ2) is 25.8. The number of nitriles is 2. The number of nitrogens with zero attached hydrogens (tertiary/aromatic N) is 10. The van der Waals surface area contributed by atoms with Gasteiger partial charge in [0.05, 0.1) is 42.8 Å². The van der Waals surface area contributed by atoms with Crippen molar-refractivity contribution < 1.29 is 23.3 Å². The minimum Gasteiger partial charge on any atom is -0.443 e. The lowest BCUT2D eigenvalue weighted by Crippen LogP contribution is -2.50. The molecule has 4 aliphatic heterocycles. The molecule has 4 aliphatic rings. The molecule has 2 N–H and O–H groups in total. The van der Waals surface area contributed by atoms with Gasteiger partial charge in [-0.15, -0.1) is 0 Å². The van der Waals surface area contributed by atoms with Gasteiger partial charge in [0.15, 0.2) is 0 Å². The fraction of sp³-hybridized carbons (Fsp3) is 0.453. The Labute approximate surface area is 485 Å². The van der Waals surface area contributed by atoms with Gasteiger partial charge >= 0.3 is 6.09 Å². The van der Waals surface area contributed by atoms with Gasteiger partial charge in [-0.2, -0.15) is 10.5 Å². The van der Waals surface area contributed by atoms with Crippen LogP contribution in [0.1, 0.15) is 84.6 Å². The first kappa shape index (κ1) is 59.2. The summed E-state index contributed by atoms with van der Waals surface area (Å²) in [4.78, 5) is 59.4. The van der Waals surface area contributed by atoms with E-state index in [1.165, 1.54) is 11.8 Å². The van der Waals surface area contributed by atoms with Crippen LogP contribution in [0.25, 0.3) is 0 Å². The van der Waals surface area contributed by atoms with Crippen LogP contribution in [-0.2, 0) is 34.0 Å². The van der Waals surface area contributed by atoms with Gasteiger partial charge < -0.3 is 34.6 Å². The zero-order chi connectivity index (χ0) is 58.3. The number of hydrogen-bond acceptors (Lipinski definition) is 14. The summed E-state index contributed by atoms with van der Waals surface area (Å²) in [5, 5.41) is 22.2. The summed E-state index contributed by atoms with van der Waals surface area (Å²) in [5.74, 6) is 0.0725. The zero-order valence-electron chi connectivity index (χ0n) is 48.9. The zero-order valence-corrected chi connectivity index (χ0v) is 49.7. The molecule has 0 aromatic heterocycles. The molecule has 18 heteroatoms. The lowest BCUT2D eigenvalue weighted by atomic mass is 9.97. The van der Waals surface area contributed by atoms with E-state index in [4.69, 9.17) is 9.52 Å². The molecule has 0 saturated carbocycles. The Morgan fingerprint density at radius 3 is 1.46 bits per heavy atom. The number of ether oxygens (including phenoxy) is 1. The van der Waals surface area contributed by atoms with Crippen LogP contribution in [0.3, 0.4) is 0 Å². The Hall–Kier alpha value is -7.48. The van der Waals surface area contributed by atoms with Crippen molar-refractivity contribution in [3.8, 4) is 12.1 Å². The molecule has 17 nitrogen and oxygen atoms in total. The van der Waals surface area contributed by atoms with Crippen LogP contribution in [-0.4, -0.2) is 176 Å². The number of carbonyl (C=O) groups is 3. The van der Waals surface area contributed by atoms with Gasteiger partial charge in [-0.3, -0.25) is 24.3 Å². The maximum Gasteiger partial charge on any atom is 0.407 e. The first-order valence-corrected chi connectivity index (χ1v) is 30.8. The molecular formula is C64H80N12O5S. The van der Waals surface area contributed by atoms with Crippen molar-refractivity contribution in [2.45, 2.75) is 71.5 Å². The Kier molecular flexibility index (Phi) is 18.6. The van der Waals surface area contributed by atoms with Crippen LogP contribution in [0.4, 0.5) is 21.9 Å². The van der Waals surface area contributed by atoms with Crippen molar-refractivity contribution in [2.75, 3.05) is 139 Å². The Balaban J connectivity index is 0.723. The molecule has 5 aromatic carbocycles. The molecule has 4 heterocycles. The third kappa shape index (κ3) is 14.2. The van der Waals surface area contributed by atoms with Crippen LogP contribution < -0.4 is 20.0 Å². The van der Waals surface area contributed by atoms with Gasteiger partial charge in [-0.1, -0.05) is 42.5 Å². The molecule has 432 valence electrons. The predicted octanol–water partition coefficient (Wildman–Crippen LogP) is 7.81. The molecule has 0 radical (unpaired) electrons. The number of piperazine rings is 4. The van der Waals surface area contributed by atoms with Crippen molar-refractivity contribution in [3.63, 3.8) is 0 Å². The maximum atomic E-state index is 14.0.